The van der Waals surface area contributed by atoms with Crippen LogP contribution in [0.5, 0.6) is 11.5 Å². The Morgan fingerprint density at radius 3 is 2.57 bits per heavy atom. The molecule has 8 nitrogen and oxygen atoms in total. The van der Waals surface area contributed by atoms with Crippen LogP contribution in [0.4, 0.5) is 11.4 Å². The molecule has 0 aliphatic carbocycles. The van der Waals surface area contributed by atoms with Crippen LogP contribution in [0.25, 0.3) is 0 Å². The Kier molecular flexibility index (Phi) is 6.90. The average Bonchev–Trinajstić information content (AvgIpc) is 3.15. The van der Waals surface area contributed by atoms with Gasteiger partial charge in [-0.2, -0.15) is 0 Å². The lowest BCUT2D eigenvalue weighted by Gasteiger charge is -2.19. The maximum atomic E-state index is 12.4. The quantitative estimate of drug-likeness (QED) is 0.670. The van der Waals surface area contributed by atoms with Crippen LogP contribution in [0.3, 0.4) is 0 Å². The molecule has 158 valence electrons. The van der Waals surface area contributed by atoms with Crippen molar-refractivity contribution in [3.63, 3.8) is 0 Å². The number of nitrogens with one attached hydrogen (secondary N) is 1. The van der Waals surface area contributed by atoms with Crippen molar-refractivity contribution in [2.45, 2.75) is 13.3 Å². The van der Waals surface area contributed by atoms with E-state index in [1.165, 1.54) is 12.0 Å². The fraction of sp³-hybridized carbons (Fsp3) is 0.318. The summed E-state index contributed by atoms with van der Waals surface area (Å²) in [4.78, 5) is 38.3. The topological polar surface area (TPSA) is 94.2 Å². The summed E-state index contributed by atoms with van der Waals surface area (Å²) >= 11 is 0. The molecule has 2 aromatic carbocycles. The van der Waals surface area contributed by atoms with Gasteiger partial charge in [0.05, 0.1) is 25.3 Å². The Morgan fingerprint density at radius 2 is 1.87 bits per heavy atom. The molecule has 1 aliphatic heterocycles. The van der Waals surface area contributed by atoms with Gasteiger partial charge in [-0.05, 0) is 43.3 Å². The van der Waals surface area contributed by atoms with Crippen molar-refractivity contribution in [3.05, 3.63) is 48.5 Å². The highest BCUT2D eigenvalue weighted by Crippen LogP contribution is 2.33. The molecule has 1 N–H and O–H groups in total. The van der Waals surface area contributed by atoms with E-state index in [1.807, 2.05) is 6.92 Å². The van der Waals surface area contributed by atoms with Gasteiger partial charge in [0.2, 0.25) is 5.91 Å². The largest absolute Gasteiger partial charge is 0.495 e. The number of carbonyl (C=O) groups excluding carboxylic acids is 3. The van der Waals surface area contributed by atoms with Crippen LogP contribution in [-0.2, 0) is 19.1 Å². The molecule has 8 heteroatoms. The summed E-state index contributed by atoms with van der Waals surface area (Å²) in [6, 6.07) is 14.0. The summed E-state index contributed by atoms with van der Waals surface area (Å²) < 4.78 is 15.8. The second-order valence-corrected chi connectivity index (χ2v) is 6.69. The van der Waals surface area contributed by atoms with Crippen LogP contribution in [0.1, 0.15) is 13.3 Å². The van der Waals surface area contributed by atoms with Crippen molar-refractivity contribution in [1.82, 2.24) is 0 Å². The summed E-state index contributed by atoms with van der Waals surface area (Å²) in [6.45, 7) is 2.20. The first-order valence-electron chi connectivity index (χ1n) is 9.64. The maximum absolute atomic E-state index is 12.4. The molecule has 0 saturated carbocycles. The van der Waals surface area contributed by atoms with Gasteiger partial charge < -0.3 is 24.4 Å². The highest BCUT2D eigenvalue weighted by Gasteiger charge is 2.37. The lowest BCUT2D eigenvalue weighted by Crippen LogP contribution is -2.28. The number of nitrogens with zero attached hydrogens (tertiary/aromatic N) is 1. The summed E-state index contributed by atoms with van der Waals surface area (Å²) in [5.41, 5.74) is 1.17. The molecule has 1 heterocycles. The van der Waals surface area contributed by atoms with Crippen LogP contribution in [-0.4, -0.2) is 44.7 Å². The molecular formula is C22H24N2O6. The molecule has 1 atom stereocenters. The Bertz CT molecular complexity index is 912. The number of rotatable bonds is 8. The van der Waals surface area contributed by atoms with Crippen LogP contribution in [0.15, 0.2) is 48.5 Å². The number of benzene rings is 2. The van der Waals surface area contributed by atoms with Gasteiger partial charge in [-0.1, -0.05) is 12.1 Å². The minimum Gasteiger partial charge on any atom is -0.495 e. The standard InChI is InChI=1S/C22H24N2O6/c1-3-29-17-10-8-16(9-11-17)23-20(25)14-30-22(27)15-12-21(26)24(13-15)18-6-4-5-7-19(18)28-2/h4-11,15H,3,12-14H2,1-2H3,(H,23,25)/t15-/m0/s1. The highest BCUT2D eigenvalue weighted by molar-refractivity contribution is 6.01. The number of para-hydroxylation sites is 2. The third-order valence-electron chi connectivity index (χ3n) is 4.63. The molecule has 0 aromatic heterocycles. The summed E-state index contributed by atoms with van der Waals surface area (Å²) in [5, 5.41) is 2.65. The molecule has 1 aliphatic rings. The molecule has 1 fully saturated rings. The molecule has 30 heavy (non-hydrogen) atoms. The lowest BCUT2D eigenvalue weighted by atomic mass is 10.1. The monoisotopic (exact) mass is 412 g/mol. The van der Waals surface area contributed by atoms with E-state index in [2.05, 4.69) is 5.32 Å². The van der Waals surface area contributed by atoms with Crippen molar-refractivity contribution in [2.75, 3.05) is 37.1 Å². The number of hydrogen-bond acceptors (Lipinski definition) is 6. The Hall–Kier alpha value is -3.55. The molecule has 0 spiro atoms. The molecule has 0 unspecified atom stereocenters. The van der Waals surface area contributed by atoms with E-state index in [-0.39, 0.29) is 18.9 Å². The smallest absolute Gasteiger partial charge is 0.311 e. The fourth-order valence-electron chi connectivity index (χ4n) is 3.20. The van der Waals surface area contributed by atoms with Crippen molar-refractivity contribution in [1.29, 1.82) is 0 Å². The summed E-state index contributed by atoms with van der Waals surface area (Å²) in [6.07, 6.45) is 0.0252. The predicted molar refractivity (Wildman–Crippen MR) is 111 cm³/mol. The maximum Gasteiger partial charge on any atom is 0.311 e. The third kappa shape index (κ3) is 5.08. The SMILES string of the molecule is CCOc1ccc(NC(=O)COC(=O)[C@H]2CC(=O)N(c3ccccc3OC)C2)cc1. The number of anilines is 2. The number of esters is 1. The van der Waals surface area contributed by atoms with Gasteiger partial charge in [-0.15, -0.1) is 0 Å². The predicted octanol–water partition coefficient (Wildman–Crippen LogP) is 2.63. The second-order valence-electron chi connectivity index (χ2n) is 6.69. The van der Waals surface area contributed by atoms with E-state index in [1.54, 1.807) is 48.5 Å². The molecule has 2 aromatic rings. The number of carbonyl (C=O) groups is 3. The number of hydrogen-bond donors (Lipinski definition) is 1. The minimum absolute atomic E-state index is 0.0252. The van der Waals surface area contributed by atoms with Gasteiger partial charge >= 0.3 is 5.97 Å². The molecule has 1 saturated heterocycles. The van der Waals surface area contributed by atoms with Gasteiger partial charge in [-0.3, -0.25) is 14.4 Å². The number of ether oxygens (including phenoxy) is 3. The van der Waals surface area contributed by atoms with Crippen LogP contribution in [0.2, 0.25) is 0 Å². The van der Waals surface area contributed by atoms with Crippen molar-refractivity contribution < 1.29 is 28.6 Å². The van der Waals surface area contributed by atoms with E-state index in [4.69, 9.17) is 14.2 Å². The first-order valence-corrected chi connectivity index (χ1v) is 9.64. The molecule has 0 radical (unpaired) electrons. The molecular weight excluding hydrogens is 388 g/mol. The Labute approximate surface area is 174 Å². The Morgan fingerprint density at radius 1 is 1.13 bits per heavy atom. The average molecular weight is 412 g/mol. The van der Waals surface area contributed by atoms with Crippen molar-refractivity contribution in [3.8, 4) is 11.5 Å². The molecule has 2 amide bonds. The van der Waals surface area contributed by atoms with E-state index in [0.717, 1.165) is 0 Å². The normalized spacial score (nSPS) is 15.6. The zero-order valence-electron chi connectivity index (χ0n) is 16.9. The van der Waals surface area contributed by atoms with Gasteiger partial charge in [-0.25, -0.2) is 0 Å². The third-order valence-corrected chi connectivity index (χ3v) is 4.63. The van der Waals surface area contributed by atoms with E-state index in [0.29, 0.717) is 29.5 Å². The first kappa shape index (κ1) is 21.2. The molecule has 3 rings (SSSR count). The van der Waals surface area contributed by atoms with E-state index >= 15 is 0 Å². The van der Waals surface area contributed by atoms with Gasteiger partial charge in [0.15, 0.2) is 6.61 Å². The van der Waals surface area contributed by atoms with Gasteiger partial charge in [0.25, 0.3) is 5.91 Å². The van der Waals surface area contributed by atoms with Crippen LogP contribution < -0.4 is 19.7 Å². The highest BCUT2D eigenvalue weighted by atomic mass is 16.5. The van der Waals surface area contributed by atoms with Gasteiger partial charge in [0, 0.05) is 18.7 Å². The number of amides is 2. The first-order chi connectivity index (χ1) is 14.5. The fourth-order valence-corrected chi connectivity index (χ4v) is 3.20. The van der Waals surface area contributed by atoms with Crippen molar-refractivity contribution in [2.24, 2.45) is 5.92 Å². The zero-order valence-corrected chi connectivity index (χ0v) is 16.9. The number of methoxy groups -OCH3 is 1. The van der Waals surface area contributed by atoms with Crippen LogP contribution in [0, 0.1) is 5.92 Å². The molecule has 0 bridgehead atoms. The van der Waals surface area contributed by atoms with Crippen molar-refractivity contribution >= 4 is 29.2 Å². The summed E-state index contributed by atoms with van der Waals surface area (Å²) in [5.74, 6) is -0.621. The second kappa shape index (κ2) is 9.78. The zero-order chi connectivity index (χ0) is 21.5. The lowest BCUT2D eigenvalue weighted by molar-refractivity contribution is -0.151. The van der Waals surface area contributed by atoms with E-state index in [9.17, 15) is 14.4 Å². The van der Waals surface area contributed by atoms with E-state index < -0.39 is 24.4 Å². The van der Waals surface area contributed by atoms with Gasteiger partial charge in [0.1, 0.15) is 11.5 Å². The minimum atomic E-state index is -0.638. The van der Waals surface area contributed by atoms with Crippen LogP contribution >= 0.6 is 0 Å². The summed E-state index contributed by atoms with van der Waals surface area (Å²) in [7, 11) is 1.52. The Balaban J connectivity index is 1.51.